The zero-order valence-electron chi connectivity index (χ0n) is 32.9. The Hall–Kier alpha value is -5.77. The van der Waals surface area contributed by atoms with Gasteiger partial charge in [0.05, 0.1) is 0 Å². The molecule has 1 aliphatic heterocycles. The van der Waals surface area contributed by atoms with Crippen LogP contribution < -0.4 is 9.64 Å². The summed E-state index contributed by atoms with van der Waals surface area (Å²) in [7, 11) is 0. The van der Waals surface area contributed by atoms with Gasteiger partial charge in [-0.3, -0.25) is 0 Å². The third-order valence-corrected chi connectivity index (χ3v) is 12.1. The number of anilines is 2. The zero-order valence-corrected chi connectivity index (χ0v) is 35.1. The summed E-state index contributed by atoms with van der Waals surface area (Å²) in [5, 5.41) is 0. The first kappa shape index (κ1) is 36.8. The second-order valence-electron chi connectivity index (χ2n) is 16.4. The summed E-state index contributed by atoms with van der Waals surface area (Å²) < 4.78 is 12.3. The van der Waals surface area contributed by atoms with Gasteiger partial charge in [0, 0.05) is 6.20 Å². The number of hydrogen-bond acceptors (Lipinski definition) is 3. The van der Waals surface area contributed by atoms with Gasteiger partial charge in [0.1, 0.15) is 0 Å². The first-order chi connectivity index (χ1) is 27.6. The number of nitrogens with zero attached hydrogens (tertiary/aromatic N) is 4. The molecule has 286 valence electrons. The van der Waals surface area contributed by atoms with Crippen molar-refractivity contribution < 1.29 is 24.1 Å². The van der Waals surface area contributed by atoms with E-state index in [1.165, 1.54) is 11.1 Å². The Bertz CT molecular complexity index is 2750. The van der Waals surface area contributed by atoms with E-state index >= 15 is 0 Å². The summed E-state index contributed by atoms with van der Waals surface area (Å²) in [6.07, 6.45) is 2.94. The number of fused-ring (bicyclic) bond motifs is 2. The van der Waals surface area contributed by atoms with Crippen LogP contribution in [0.25, 0.3) is 44.7 Å². The Labute approximate surface area is 346 Å². The molecule has 8 aromatic rings. The van der Waals surface area contributed by atoms with E-state index < -0.39 is 0 Å². The molecular formula is C51H44N4OPt-2. The summed E-state index contributed by atoms with van der Waals surface area (Å²) in [6.45, 7) is 12.2. The van der Waals surface area contributed by atoms with Gasteiger partial charge < -0.3 is 0 Å². The number of pyridine rings is 1. The topological polar surface area (TPSA) is 35.2 Å². The summed E-state index contributed by atoms with van der Waals surface area (Å²) in [5.74, 6) is 2.20. The molecule has 0 fully saturated rings. The van der Waals surface area contributed by atoms with E-state index in [9.17, 15) is 0 Å². The normalized spacial score (nSPS) is 13.8. The number of imidazole rings is 1. The van der Waals surface area contributed by atoms with E-state index in [4.69, 9.17) is 9.72 Å². The number of aromatic nitrogens is 3. The van der Waals surface area contributed by atoms with Crippen LogP contribution in [0, 0.1) is 15.9 Å². The summed E-state index contributed by atoms with van der Waals surface area (Å²) in [5.41, 5.74) is 12.3. The molecular weight excluding hydrogens is 880 g/mol. The van der Waals surface area contributed by atoms with E-state index in [0.717, 1.165) is 72.9 Å². The number of rotatable bonds is 7. The Morgan fingerprint density at radius 2 is 1.28 bits per heavy atom. The molecule has 0 unspecified atom stereocenters. The molecule has 0 radical (unpaired) electrons. The fourth-order valence-corrected chi connectivity index (χ4v) is 9.04. The summed E-state index contributed by atoms with van der Waals surface area (Å²) in [4.78, 5) is 7.14. The van der Waals surface area contributed by atoms with Crippen molar-refractivity contribution in [1.82, 2.24) is 14.1 Å². The van der Waals surface area contributed by atoms with Crippen molar-refractivity contribution in [1.29, 1.82) is 0 Å². The molecule has 1 aliphatic rings. The molecule has 0 aliphatic carbocycles. The molecule has 6 heteroatoms. The van der Waals surface area contributed by atoms with Gasteiger partial charge in [-0.1, -0.05) is 20.8 Å². The quantitative estimate of drug-likeness (QED) is 0.149. The number of benzene rings is 6. The molecule has 5 nitrogen and oxygen atoms in total. The Morgan fingerprint density at radius 1 is 0.667 bits per heavy atom. The van der Waals surface area contributed by atoms with Crippen LogP contribution in [-0.4, -0.2) is 20.7 Å². The standard InChI is InChI=1S/C51H44N4O.Pt/c1-50(2,3)38-28-30-52-48(32-38)53-31-29-51(4,5)44-27-26-41(34-47(44)53)56-40-21-14-20-39(33-40)54-35-55(46-25-13-12-24-45(46)54)49-42(36-16-8-6-9-17-36)22-15-23-43(49)37-18-10-7-11-19-37;/h6-28,30,32H,29,31H2,1-5H3;/q-2;. The molecule has 57 heavy (non-hydrogen) atoms. The van der Waals surface area contributed by atoms with Gasteiger partial charge >= 0.3 is 304 Å². The van der Waals surface area contributed by atoms with Gasteiger partial charge in [-0.25, -0.2) is 0 Å². The van der Waals surface area contributed by atoms with E-state index in [-0.39, 0.29) is 10.8 Å². The second-order valence-corrected chi connectivity index (χ2v) is 17.4. The molecule has 3 heterocycles. The van der Waals surface area contributed by atoms with Crippen molar-refractivity contribution in [2.75, 3.05) is 11.4 Å². The summed E-state index contributed by atoms with van der Waals surface area (Å²) >= 11 is 2.47. The van der Waals surface area contributed by atoms with Gasteiger partial charge in [-0.05, 0) is 17.0 Å². The number of ether oxygens (including phenoxy) is 1. The molecule has 0 atom stereocenters. The first-order valence-electron chi connectivity index (χ1n) is 19.5. The van der Waals surface area contributed by atoms with Crippen molar-refractivity contribution in [2.24, 2.45) is 0 Å². The van der Waals surface area contributed by atoms with Crippen molar-refractivity contribution in [2.45, 2.75) is 51.9 Å². The molecule has 0 saturated carbocycles. The predicted molar refractivity (Wildman–Crippen MR) is 228 cm³/mol. The van der Waals surface area contributed by atoms with Crippen LogP contribution in [0.3, 0.4) is 0 Å². The molecule has 0 amide bonds. The minimum absolute atomic E-state index is 0.00432. The van der Waals surface area contributed by atoms with Crippen molar-refractivity contribution in [3.05, 3.63) is 179 Å². The fourth-order valence-electron chi connectivity index (χ4n) is 7.97. The average Bonchev–Trinajstić information content (AvgIpc) is 3.52. The third kappa shape index (κ3) is 6.89. The van der Waals surface area contributed by atoms with Crippen LogP contribution >= 0.6 is 0 Å². The van der Waals surface area contributed by atoms with Crippen LogP contribution in [-0.2, 0) is 30.2 Å². The molecule has 2 aromatic heterocycles. The molecule has 0 bridgehead atoms. The van der Waals surface area contributed by atoms with Crippen LogP contribution in [0.2, 0.25) is 0 Å². The van der Waals surface area contributed by atoms with E-state index in [0.29, 0.717) is 11.5 Å². The van der Waals surface area contributed by atoms with E-state index in [1.54, 1.807) is 0 Å². The third-order valence-electron chi connectivity index (χ3n) is 11.1. The Balaban J connectivity index is 1.15. The summed E-state index contributed by atoms with van der Waals surface area (Å²) in [6, 6.07) is 58.5. The maximum absolute atomic E-state index is 6.65. The maximum atomic E-state index is 6.65. The van der Waals surface area contributed by atoms with Crippen molar-refractivity contribution in [3.8, 4) is 45.1 Å². The molecule has 0 saturated heterocycles. The first-order valence-corrected chi connectivity index (χ1v) is 20.6. The van der Waals surface area contributed by atoms with Crippen molar-refractivity contribution >= 4 is 22.5 Å². The molecule has 0 N–H and O–H groups in total. The van der Waals surface area contributed by atoms with E-state index in [2.05, 4.69) is 208 Å². The van der Waals surface area contributed by atoms with Gasteiger partial charge in [0.2, 0.25) is 0 Å². The van der Waals surface area contributed by atoms with Crippen LogP contribution in [0.4, 0.5) is 11.5 Å². The van der Waals surface area contributed by atoms with Crippen molar-refractivity contribution in [3.63, 3.8) is 0 Å². The second kappa shape index (κ2) is 14.6. The van der Waals surface area contributed by atoms with Crippen LogP contribution in [0.5, 0.6) is 11.5 Å². The minimum atomic E-state index is -0.00432. The molecule has 0 spiro atoms. The van der Waals surface area contributed by atoms with Gasteiger partial charge in [0.15, 0.2) is 0 Å². The van der Waals surface area contributed by atoms with Gasteiger partial charge in [-0.2, -0.15) is 0 Å². The molecule has 9 rings (SSSR count). The predicted octanol–water partition coefficient (Wildman–Crippen LogP) is 12.7. The monoisotopic (exact) mass is 923 g/mol. The number of para-hydroxylation sites is 3. The zero-order chi connectivity index (χ0) is 39.3. The fraction of sp³-hybridized carbons (Fsp3) is 0.176. The number of hydrogen-bond donors (Lipinski definition) is 0. The average molecular weight is 924 g/mol. The van der Waals surface area contributed by atoms with Crippen LogP contribution in [0.1, 0.15) is 52.2 Å². The van der Waals surface area contributed by atoms with Gasteiger partial charge in [0.25, 0.3) is 0 Å². The Morgan fingerprint density at radius 3 is 1.95 bits per heavy atom. The van der Waals surface area contributed by atoms with E-state index in [1.807, 2.05) is 24.4 Å². The SMILES string of the molecule is CC(C)(C)c1ccnc(N2CCC(C)(C)c3ccc(Oc4[c-]c(-n5[c](=[Pt])n(-c6c(-c7ccccc7)cccc6-c6ccccc6)c6ccccc65)ccc4)[c-]c32)c1. The van der Waals surface area contributed by atoms with Gasteiger partial charge in [-0.15, -0.1) is 0 Å². The van der Waals surface area contributed by atoms with Crippen LogP contribution in [0.15, 0.2) is 152 Å². The Kier molecular flexibility index (Phi) is 9.45. The molecule has 6 aromatic carbocycles.